The van der Waals surface area contributed by atoms with Crippen LogP contribution in [-0.2, 0) is 0 Å². The van der Waals surface area contributed by atoms with Crippen LogP contribution in [0.4, 0.5) is 0 Å². The first kappa shape index (κ1) is 11.7. The van der Waals surface area contributed by atoms with Crippen molar-refractivity contribution in [2.75, 3.05) is 19.3 Å². The van der Waals surface area contributed by atoms with Gasteiger partial charge in [0.05, 0.1) is 5.03 Å². The summed E-state index contributed by atoms with van der Waals surface area (Å²) >= 11 is 1.95. The molecule has 3 rings (SSSR count). The average molecular weight is 255 g/mol. The molecule has 1 aliphatic heterocycles. The number of benzene rings is 2. The summed E-state index contributed by atoms with van der Waals surface area (Å²) in [5.41, 5.74) is 2.71. The lowest BCUT2D eigenvalue weighted by Gasteiger charge is -2.12. The quantitative estimate of drug-likeness (QED) is 0.754. The van der Waals surface area contributed by atoms with E-state index >= 15 is 0 Å². The van der Waals surface area contributed by atoms with E-state index in [1.54, 1.807) is 0 Å². The van der Waals surface area contributed by atoms with Gasteiger partial charge in [-0.15, -0.1) is 11.8 Å². The highest BCUT2D eigenvalue weighted by molar-refractivity contribution is 8.03. The number of aryl methyl sites for hydroxylation is 1. The number of thioether (sulfide) groups is 1. The van der Waals surface area contributed by atoms with Crippen molar-refractivity contribution in [2.45, 2.75) is 6.92 Å². The monoisotopic (exact) mass is 255 g/mol. The van der Waals surface area contributed by atoms with Crippen molar-refractivity contribution >= 4 is 28.6 Å². The Hall–Kier alpha value is -1.41. The molecule has 0 saturated carbocycles. The molecule has 0 N–H and O–H groups in total. The minimum absolute atomic E-state index is 1.16. The first-order valence-corrected chi connectivity index (χ1v) is 7.28. The fourth-order valence-corrected chi connectivity index (χ4v) is 3.49. The van der Waals surface area contributed by atoms with E-state index in [1.807, 2.05) is 11.8 Å². The molecule has 1 fully saturated rings. The number of rotatable bonds is 1. The number of fused-ring (bicyclic) bond motifs is 1. The Bertz CT molecular complexity index is 616. The highest BCUT2D eigenvalue weighted by atomic mass is 32.2. The largest absolute Gasteiger partial charge is 0.369 e. The summed E-state index contributed by atoms with van der Waals surface area (Å²) in [6.45, 7) is 3.37. The van der Waals surface area contributed by atoms with Gasteiger partial charge in [0.15, 0.2) is 0 Å². The summed E-state index contributed by atoms with van der Waals surface area (Å²) in [5, 5.41) is 4.07. The molecule has 0 unspecified atom stereocenters. The van der Waals surface area contributed by atoms with Gasteiger partial charge in [0.2, 0.25) is 0 Å². The molecule has 0 bridgehead atoms. The Balaban J connectivity index is 2.10. The predicted octanol–water partition coefficient (Wildman–Crippen LogP) is 4.13. The molecule has 18 heavy (non-hydrogen) atoms. The summed E-state index contributed by atoms with van der Waals surface area (Å²) in [5.74, 6) is 1.20. The number of hydrogen-bond acceptors (Lipinski definition) is 2. The Morgan fingerprint density at radius 2 is 2.00 bits per heavy atom. The van der Waals surface area contributed by atoms with Crippen LogP contribution >= 0.6 is 11.8 Å². The van der Waals surface area contributed by atoms with Gasteiger partial charge in [-0.3, -0.25) is 0 Å². The lowest BCUT2D eigenvalue weighted by molar-refractivity contribution is 0.496. The Labute approximate surface area is 112 Å². The van der Waals surface area contributed by atoms with Gasteiger partial charge in [-0.2, -0.15) is 0 Å². The Morgan fingerprint density at radius 1 is 1.17 bits per heavy atom. The maximum Gasteiger partial charge on any atom is 0.0711 e. The zero-order valence-corrected chi connectivity index (χ0v) is 11.6. The van der Waals surface area contributed by atoms with Crippen LogP contribution in [0.25, 0.3) is 16.8 Å². The maximum atomic E-state index is 2.33. The third-order valence-electron chi connectivity index (χ3n) is 3.57. The molecule has 0 aromatic heterocycles. The van der Waals surface area contributed by atoms with E-state index in [4.69, 9.17) is 0 Å². The third-order valence-corrected chi connectivity index (χ3v) is 4.68. The minimum Gasteiger partial charge on any atom is -0.369 e. The van der Waals surface area contributed by atoms with Gasteiger partial charge in [0.1, 0.15) is 0 Å². The first-order chi connectivity index (χ1) is 8.75. The summed E-state index contributed by atoms with van der Waals surface area (Å²) < 4.78 is 0. The predicted molar refractivity (Wildman–Crippen MR) is 81.8 cm³/mol. The Morgan fingerprint density at radius 3 is 2.78 bits per heavy atom. The normalized spacial score (nSPS) is 17.9. The average Bonchev–Trinajstić information content (AvgIpc) is 2.79. The standard InChI is InChI=1S/C16H17NS/c1-12-14(11-16-17(2)9-10-18-16)8-7-13-5-3-4-6-15(12)13/h3-8,11H,9-10H2,1-2H3. The summed E-state index contributed by atoms with van der Waals surface area (Å²) in [6, 6.07) is 13.0. The number of hydrogen-bond donors (Lipinski definition) is 0. The lowest BCUT2D eigenvalue weighted by Crippen LogP contribution is -2.10. The molecule has 1 heterocycles. The van der Waals surface area contributed by atoms with E-state index in [0.29, 0.717) is 0 Å². The summed E-state index contributed by atoms with van der Waals surface area (Å²) in [4.78, 5) is 2.33. The summed E-state index contributed by atoms with van der Waals surface area (Å²) in [6.07, 6.45) is 2.32. The van der Waals surface area contributed by atoms with Crippen molar-refractivity contribution < 1.29 is 0 Å². The zero-order chi connectivity index (χ0) is 12.5. The summed E-state index contributed by atoms with van der Waals surface area (Å²) in [7, 11) is 2.17. The van der Waals surface area contributed by atoms with Crippen molar-refractivity contribution in [3.63, 3.8) is 0 Å². The number of nitrogens with zero attached hydrogens (tertiary/aromatic N) is 1. The van der Waals surface area contributed by atoms with Crippen LogP contribution in [0, 0.1) is 6.92 Å². The maximum absolute atomic E-state index is 2.33. The fourth-order valence-electron chi connectivity index (χ4n) is 2.39. The topological polar surface area (TPSA) is 3.24 Å². The van der Waals surface area contributed by atoms with Crippen LogP contribution in [0.2, 0.25) is 0 Å². The molecular formula is C16H17NS. The van der Waals surface area contributed by atoms with Crippen LogP contribution < -0.4 is 0 Å². The van der Waals surface area contributed by atoms with Gasteiger partial charge >= 0.3 is 0 Å². The molecule has 1 nitrogen and oxygen atoms in total. The fraction of sp³-hybridized carbons (Fsp3) is 0.250. The second-order valence-electron chi connectivity index (χ2n) is 4.75. The second-order valence-corrected chi connectivity index (χ2v) is 5.87. The van der Waals surface area contributed by atoms with Gasteiger partial charge < -0.3 is 4.90 Å². The van der Waals surface area contributed by atoms with Gasteiger partial charge in [-0.25, -0.2) is 0 Å². The molecule has 0 atom stereocenters. The van der Waals surface area contributed by atoms with Crippen molar-refractivity contribution in [2.24, 2.45) is 0 Å². The van der Waals surface area contributed by atoms with E-state index in [9.17, 15) is 0 Å². The molecular weight excluding hydrogens is 238 g/mol. The van der Waals surface area contributed by atoms with Crippen LogP contribution in [0.1, 0.15) is 11.1 Å². The second kappa shape index (κ2) is 4.69. The Kier molecular flexibility index (Phi) is 3.04. The highest BCUT2D eigenvalue weighted by Gasteiger charge is 2.13. The molecule has 2 heteroatoms. The first-order valence-electron chi connectivity index (χ1n) is 6.30. The molecule has 2 aromatic carbocycles. The van der Waals surface area contributed by atoms with Crippen LogP contribution in [-0.4, -0.2) is 24.2 Å². The molecule has 1 saturated heterocycles. The van der Waals surface area contributed by atoms with Gasteiger partial charge in [0, 0.05) is 19.3 Å². The molecule has 0 aliphatic carbocycles. The minimum atomic E-state index is 1.16. The molecule has 1 aliphatic rings. The van der Waals surface area contributed by atoms with Gasteiger partial charge in [-0.05, 0) is 34.9 Å². The van der Waals surface area contributed by atoms with Crippen LogP contribution in [0.5, 0.6) is 0 Å². The van der Waals surface area contributed by atoms with Crippen molar-refractivity contribution in [3.8, 4) is 0 Å². The molecule has 0 radical (unpaired) electrons. The van der Waals surface area contributed by atoms with Crippen molar-refractivity contribution in [1.82, 2.24) is 4.90 Å². The van der Waals surface area contributed by atoms with E-state index in [-0.39, 0.29) is 0 Å². The molecule has 0 amide bonds. The van der Waals surface area contributed by atoms with Gasteiger partial charge in [0.25, 0.3) is 0 Å². The van der Waals surface area contributed by atoms with Crippen LogP contribution in [0.15, 0.2) is 41.4 Å². The molecule has 0 spiro atoms. The third kappa shape index (κ3) is 2.01. The smallest absolute Gasteiger partial charge is 0.0711 e. The van der Waals surface area contributed by atoms with Crippen LogP contribution in [0.3, 0.4) is 0 Å². The highest BCUT2D eigenvalue weighted by Crippen LogP contribution is 2.30. The zero-order valence-electron chi connectivity index (χ0n) is 10.8. The van der Waals surface area contributed by atoms with Gasteiger partial charge in [-0.1, -0.05) is 36.4 Å². The molecule has 92 valence electrons. The van der Waals surface area contributed by atoms with E-state index in [0.717, 1.165) is 6.54 Å². The van der Waals surface area contributed by atoms with E-state index in [2.05, 4.69) is 61.3 Å². The van der Waals surface area contributed by atoms with E-state index < -0.39 is 0 Å². The van der Waals surface area contributed by atoms with Crippen molar-refractivity contribution in [3.05, 3.63) is 52.6 Å². The van der Waals surface area contributed by atoms with E-state index in [1.165, 1.54) is 32.7 Å². The van der Waals surface area contributed by atoms with Crippen molar-refractivity contribution in [1.29, 1.82) is 0 Å². The SMILES string of the molecule is Cc1c(C=C2SCCN2C)ccc2ccccc12. The lowest BCUT2D eigenvalue weighted by atomic mass is 10.00. The molecule has 2 aromatic rings.